The van der Waals surface area contributed by atoms with Gasteiger partial charge in [-0.25, -0.2) is 0 Å². The van der Waals surface area contributed by atoms with Crippen LogP contribution in [0.1, 0.15) is 25.8 Å². The lowest BCUT2D eigenvalue weighted by atomic mass is 10.2. The summed E-state index contributed by atoms with van der Waals surface area (Å²) in [4.78, 5) is 4.17. The molecule has 2 N–H and O–H groups in total. The Labute approximate surface area is 171 Å². The monoisotopic (exact) mass is 481 g/mol. The maximum absolute atomic E-state index is 12.1. The van der Waals surface area contributed by atoms with E-state index in [1.807, 2.05) is 30.3 Å². The molecule has 7 heteroatoms. The van der Waals surface area contributed by atoms with Gasteiger partial charge in [-0.1, -0.05) is 44.2 Å². The minimum absolute atomic E-state index is 0. The number of guanidine groups is 1. The molecule has 5 nitrogen and oxygen atoms in total. The highest BCUT2D eigenvalue weighted by atomic mass is 127. The summed E-state index contributed by atoms with van der Waals surface area (Å²) in [6, 6.07) is 9.93. The van der Waals surface area contributed by atoms with Crippen LogP contribution in [0.25, 0.3) is 0 Å². The zero-order valence-electron chi connectivity index (χ0n) is 15.5. The van der Waals surface area contributed by atoms with Gasteiger partial charge in [-0.2, -0.15) is 0 Å². The zero-order valence-corrected chi connectivity index (χ0v) is 18.6. The molecule has 0 aliphatic heterocycles. The fourth-order valence-electron chi connectivity index (χ4n) is 2.04. The molecule has 0 fully saturated rings. The van der Waals surface area contributed by atoms with Crippen LogP contribution in [-0.2, 0) is 21.3 Å². The van der Waals surface area contributed by atoms with E-state index in [1.165, 1.54) is 0 Å². The molecule has 0 aromatic heterocycles. The van der Waals surface area contributed by atoms with Crippen LogP contribution < -0.4 is 10.6 Å². The van der Waals surface area contributed by atoms with Crippen LogP contribution >= 0.6 is 24.0 Å². The van der Waals surface area contributed by atoms with Crippen molar-refractivity contribution < 1.29 is 8.95 Å². The van der Waals surface area contributed by atoms with Gasteiger partial charge < -0.3 is 15.4 Å². The first kappa shape index (κ1) is 24.3. The predicted molar refractivity (Wildman–Crippen MR) is 118 cm³/mol. The lowest BCUT2D eigenvalue weighted by Gasteiger charge is -2.12. The Bertz CT molecular complexity index is 498. The minimum Gasteiger partial charge on any atom is -0.381 e. The number of hydrogen-bond acceptors (Lipinski definition) is 3. The van der Waals surface area contributed by atoms with Crippen molar-refractivity contribution in [1.29, 1.82) is 0 Å². The van der Waals surface area contributed by atoms with Crippen LogP contribution in [0.2, 0.25) is 0 Å². The fraction of sp³-hybridized carbons (Fsp3) is 0.611. The number of nitrogens with zero attached hydrogens (tertiary/aromatic N) is 1. The quantitative estimate of drug-likeness (QED) is 0.221. The second-order valence-corrected chi connectivity index (χ2v) is 7.60. The number of halogens is 1. The van der Waals surface area contributed by atoms with E-state index in [2.05, 4.69) is 29.5 Å². The number of rotatable bonds is 11. The predicted octanol–water partition coefficient (Wildman–Crippen LogP) is 2.78. The molecule has 0 radical (unpaired) electrons. The van der Waals surface area contributed by atoms with Crippen molar-refractivity contribution in [3.63, 3.8) is 0 Å². The van der Waals surface area contributed by atoms with Gasteiger partial charge in [-0.05, 0) is 17.9 Å². The summed E-state index contributed by atoms with van der Waals surface area (Å²) in [5.74, 6) is 2.52. The van der Waals surface area contributed by atoms with Gasteiger partial charge in [0.2, 0.25) is 0 Å². The van der Waals surface area contributed by atoms with Crippen molar-refractivity contribution in [2.45, 2.75) is 26.0 Å². The maximum Gasteiger partial charge on any atom is 0.191 e. The molecule has 0 aliphatic carbocycles. The maximum atomic E-state index is 12.1. The molecule has 1 rings (SSSR count). The van der Waals surface area contributed by atoms with Crippen LogP contribution in [0.5, 0.6) is 0 Å². The number of aliphatic imine (C=N–C) groups is 1. The largest absolute Gasteiger partial charge is 0.381 e. The standard InChI is InChI=1S/C18H31N3O2S.HI/c1-16(2)14-23-12-7-10-20-18(19-3)21-11-13-24(22)15-17-8-5-4-6-9-17;/h4-6,8-9,16H,7,10-15H2,1-3H3,(H2,19,20,21);1H. The van der Waals surface area contributed by atoms with E-state index in [-0.39, 0.29) is 24.0 Å². The third kappa shape index (κ3) is 13.2. The first-order valence-corrected chi connectivity index (χ1v) is 10.0. The molecule has 144 valence electrons. The molecule has 25 heavy (non-hydrogen) atoms. The van der Waals surface area contributed by atoms with Crippen molar-refractivity contribution in [2.24, 2.45) is 10.9 Å². The van der Waals surface area contributed by atoms with Crippen molar-refractivity contribution in [2.75, 3.05) is 39.1 Å². The number of nitrogens with one attached hydrogen (secondary N) is 2. The van der Waals surface area contributed by atoms with Crippen molar-refractivity contribution in [1.82, 2.24) is 10.6 Å². The summed E-state index contributed by atoms with van der Waals surface area (Å²) in [5.41, 5.74) is 1.11. The molecule has 0 bridgehead atoms. The molecular weight excluding hydrogens is 449 g/mol. The highest BCUT2D eigenvalue weighted by Gasteiger charge is 2.03. The Morgan fingerprint density at radius 3 is 2.52 bits per heavy atom. The normalized spacial score (nSPS) is 12.6. The molecule has 1 aromatic carbocycles. The van der Waals surface area contributed by atoms with Crippen LogP contribution in [-0.4, -0.2) is 49.3 Å². The fourth-order valence-corrected chi connectivity index (χ4v) is 3.07. The third-order valence-electron chi connectivity index (χ3n) is 3.23. The van der Waals surface area contributed by atoms with Gasteiger partial charge in [0.25, 0.3) is 0 Å². The van der Waals surface area contributed by atoms with E-state index in [1.54, 1.807) is 7.05 Å². The molecule has 0 spiro atoms. The topological polar surface area (TPSA) is 62.7 Å². The molecule has 0 amide bonds. The summed E-state index contributed by atoms with van der Waals surface area (Å²) in [7, 11) is 0.872. The number of hydrogen-bond donors (Lipinski definition) is 2. The number of benzene rings is 1. The molecular formula is C18H32IN3O2S. The molecule has 1 unspecified atom stereocenters. The second kappa shape index (κ2) is 15.6. The summed E-state index contributed by atoms with van der Waals surface area (Å²) in [5, 5.41) is 6.44. The van der Waals surface area contributed by atoms with Gasteiger partial charge in [0.1, 0.15) is 0 Å². The molecule has 1 atom stereocenters. The van der Waals surface area contributed by atoms with E-state index in [0.717, 1.165) is 37.7 Å². The Kier molecular flexibility index (Phi) is 15.2. The summed E-state index contributed by atoms with van der Waals surface area (Å²) in [6.45, 7) is 7.30. The molecule has 1 aromatic rings. The van der Waals surface area contributed by atoms with Gasteiger partial charge in [-0.3, -0.25) is 9.20 Å². The highest BCUT2D eigenvalue weighted by molar-refractivity contribution is 14.0. The number of ether oxygens (including phenoxy) is 1. The van der Waals surface area contributed by atoms with Gasteiger partial charge in [0.15, 0.2) is 5.96 Å². The first-order chi connectivity index (χ1) is 11.6. The Hall–Kier alpha value is -0.670. The van der Waals surface area contributed by atoms with Crippen molar-refractivity contribution >= 4 is 40.7 Å². The van der Waals surface area contributed by atoms with Gasteiger partial charge in [0.05, 0.1) is 0 Å². The van der Waals surface area contributed by atoms with Crippen LogP contribution in [0.15, 0.2) is 35.3 Å². The van der Waals surface area contributed by atoms with E-state index < -0.39 is 10.8 Å². The van der Waals surface area contributed by atoms with Gasteiger partial charge >= 0.3 is 0 Å². The van der Waals surface area contributed by atoms with E-state index >= 15 is 0 Å². The Morgan fingerprint density at radius 1 is 1.20 bits per heavy atom. The van der Waals surface area contributed by atoms with E-state index in [0.29, 0.717) is 24.0 Å². The lowest BCUT2D eigenvalue weighted by molar-refractivity contribution is 0.108. The average molecular weight is 481 g/mol. The zero-order chi connectivity index (χ0) is 17.6. The highest BCUT2D eigenvalue weighted by Crippen LogP contribution is 2.02. The summed E-state index contributed by atoms with van der Waals surface area (Å²) >= 11 is 0. The summed E-state index contributed by atoms with van der Waals surface area (Å²) < 4.78 is 17.6. The smallest absolute Gasteiger partial charge is 0.191 e. The van der Waals surface area contributed by atoms with Crippen molar-refractivity contribution in [3.8, 4) is 0 Å². The molecule has 0 saturated carbocycles. The van der Waals surface area contributed by atoms with Crippen LogP contribution in [0, 0.1) is 5.92 Å². The molecule has 0 saturated heterocycles. The van der Waals surface area contributed by atoms with Gasteiger partial charge in [-0.15, -0.1) is 24.0 Å². The Balaban J connectivity index is 0.00000576. The molecule has 0 heterocycles. The average Bonchev–Trinajstić information content (AvgIpc) is 2.57. The van der Waals surface area contributed by atoms with Crippen LogP contribution in [0.3, 0.4) is 0 Å². The van der Waals surface area contributed by atoms with E-state index in [9.17, 15) is 4.21 Å². The Morgan fingerprint density at radius 2 is 1.88 bits per heavy atom. The SMILES string of the molecule is CN=C(NCCCOCC(C)C)NCCS(=O)Cc1ccccc1.I. The third-order valence-corrected chi connectivity index (χ3v) is 4.54. The molecule has 0 aliphatic rings. The van der Waals surface area contributed by atoms with Crippen LogP contribution in [0.4, 0.5) is 0 Å². The second-order valence-electron chi connectivity index (χ2n) is 6.02. The lowest BCUT2D eigenvalue weighted by Crippen LogP contribution is -2.39. The summed E-state index contributed by atoms with van der Waals surface area (Å²) in [6.07, 6.45) is 0.938. The van der Waals surface area contributed by atoms with E-state index in [4.69, 9.17) is 4.74 Å². The first-order valence-electron chi connectivity index (χ1n) is 8.53. The minimum atomic E-state index is -0.869. The van der Waals surface area contributed by atoms with Crippen molar-refractivity contribution in [3.05, 3.63) is 35.9 Å². The van der Waals surface area contributed by atoms with Gasteiger partial charge in [0, 0.05) is 55.7 Å².